The molecule has 0 unspecified atom stereocenters. The average molecular weight is 787 g/mol. The van der Waals surface area contributed by atoms with Crippen LogP contribution in [0, 0.1) is 0 Å². The molecule has 0 saturated heterocycles. The van der Waals surface area contributed by atoms with Crippen LogP contribution in [0.4, 0.5) is 17.1 Å². The number of para-hydroxylation sites is 4. The van der Waals surface area contributed by atoms with Crippen molar-refractivity contribution in [2.75, 3.05) is 4.90 Å². The highest BCUT2D eigenvalue weighted by atomic mass is 32.1. The molecule has 0 amide bonds. The van der Waals surface area contributed by atoms with Crippen molar-refractivity contribution in [3.8, 4) is 22.3 Å². The van der Waals surface area contributed by atoms with Gasteiger partial charge in [-0.2, -0.15) is 0 Å². The van der Waals surface area contributed by atoms with Crippen LogP contribution in [0.3, 0.4) is 0 Å². The number of hydrogen-bond donors (Lipinski definition) is 0. The van der Waals surface area contributed by atoms with E-state index in [2.05, 4.69) is 191 Å². The van der Waals surface area contributed by atoms with Crippen molar-refractivity contribution < 1.29 is 4.42 Å². The first-order chi connectivity index (χ1) is 29.7. The molecule has 4 aromatic heterocycles. The quantitative estimate of drug-likeness (QED) is 0.173. The zero-order valence-corrected chi connectivity index (χ0v) is 34.0. The summed E-state index contributed by atoms with van der Waals surface area (Å²) in [5, 5.41) is 9.99. The summed E-state index contributed by atoms with van der Waals surface area (Å²) >= 11 is 1.86. The topological polar surface area (TPSA) is 20.8 Å². The maximum absolute atomic E-state index is 6.28. The lowest BCUT2D eigenvalue weighted by Crippen LogP contribution is -2.11. The summed E-state index contributed by atoms with van der Waals surface area (Å²) in [6.07, 6.45) is 0. The number of furan rings is 1. The predicted molar refractivity (Wildman–Crippen MR) is 258 cm³/mol. The third-order valence-corrected chi connectivity index (χ3v) is 13.3. The van der Waals surface area contributed by atoms with Gasteiger partial charge in [-0.1, -0.05) is 135 Å². The molecule has 0 radical (unpaired) electrons. The van der Waals surface area contributed by atoms with E-state index < -0.39 is 0 Å². The Hall–Kier alpha value is -7.40. The average Bonchev–Trinajstić information content (AvgIpc) is 4.07. The van der Waals surface area contributed by atoms with Crippen LogP contribution in [0.1, 0.15) is 13.8 Å². The number of rotatable bonds is 5. The maximum Gasteiger partial charge on any atom is 0.136 e. The van der Waals surface area contributed by atoms with Gasteiger partial charge < -0.3 is 13.7 Å². The van der Waals surface area contributed by atoms with Crippen molar-refractivity contribution in [2.45, 2.75) is 13.8 Å². The van der Waals surface area contributed by atoms with Gasteiger partial charge in [-0.05, 0) is 95.1 Å². The summed E-state index contributed by atoms with van der Waals surface area (Å²) in [6, 6.07) is 70.8. The SMILES string of the molecule is CC.c1ccc2c(c1)oc1cc(-c3ccc(N(c4ccc(-c5ccc6sc7ccccc7c6c5)cc4)c4cccc5c6cccc7c8ccccc8n(c45)c76)cc3)ccc12. The molecule has 0 saturated carbocycles. The lowest BCUT2D eigenvalue weighted by atomic mass is 10.0. The molecule has 60 heavy (non-hydrogen) atoms. The number of thiophene rings is 1. The van der Waals surface area contributed by atoms with Gasteiger partial charge in [0.1, 0.15) is 11.2 Å². The van der Waals surface area contributed by atoms with E-state index in [0.29, 0.717) is 0 Å². The van der Waals surface area contributed by atoms with Gasteiger partial charge >= 0.3 is 0 Å². The molecular formula is C56H38N2OS. The molecule has 0 atom stereocenters. The largest absolute Gasteiger partial charge is 0.456 e. The molecule has 9 aromatic carbocycles. The number of hydrogen-bond acceptors (Lipinski definition) is 3. The Bertz CT molecular complexity index is 3740. The molecule has 4 heterocycles. The summed E-state index contributed by atoms with van der Waals surface area (Å²) in [6.45, 7) is 4.00. The lowest BCUT2D eigenvalue weighted by molar-refractivity contribution is 0.669. The van der Waals surface area contributed by atoms with Gasteiger partial charge in [0.15, 0.2) is 0 Å². The van der Waals surface area contributed by atoms with E-state index in [4.69, 9.17) is 4.42 Å². The van der Waals surface area contributed by atoms with Crippen LogP contribution in [-0.2, 0) is 0 Å². The second kappa shape index (κ2) is 13.6. The minimum atomic E-state index is 0.903. The van der Waals surface area contributed by atoms with Crippen LogP contribution in [0.15, 0.2) is 199 Å². The number of aromatic nitrogens is 1. The molecule has 284 valence electrons. The molecule has 0 spiro atoms. The Kier molecular flexibility index (Phi) is 7.84. The number of fused-ring (bicyclic) bond motifs is 12. The molecule has 0 N–H and O–H groups in total. The van der Waals surface area contributed by atoms with E-state index in [1.54, 1.807) is 0 Å². The number of benzene rings is 9. The molecular weight excluding hydrogens is 749 g/mol. The van der Waals surface area contributed by atoms with E-state index in [-0.39, 0.29) is 0 Å². The second-order valence-corrected chi connectivity index (χ2v) is 16.4. The van der Waals surface area contributed by atoms with Crippen LogP contribution in [0.2, 0.25) is 0 Å². The molecule has 13 rings (SSSR count). The van der Waals surface area contributed by atoms with Gasteiger partial charge in [-0.3, -0.25) is 0 Å². The Morgan fingerprint density at radius 1 is 0.383 bits per heavy atom. The summed E-state index contributed by atoms with van der Waals surface area (Å²) in [5.41, 5.74) is 13.5. The summed E-state index contributed by atoms with van der Waals surface area (Å²) in [5.74, 6) is 0. The maximum atomic E-state index is 6.28. The van der Waals surface area contributed by atoms with Crippen molar-refractivity contribution in [1.29, 1.82) is 0 Å². The van der Waals surface area contributed by atoms with E-state index >= 15 is 0 Å². The first-order valence-electron chi connectivity index (χ1n) is 20.7. The Morgan fingerprint density at radius 2 is 0.917 bits per heavy atom. The molecule has 0 aliphatic rings. The number of anilines is 3. The second-order valence-electron chi connectivity index (χ2n) is 15.3. The molecule has 13 aromatic rings. The molecule has 0 bridgehead atoms. The van der Waals surface area contributed by atoms with E-state index in [0.717, 1.165) is 50.1 Å². The highest BCUT2D eigenvalue weighted by Crippen LogP contribution is 2.46. The molecule has 0 aliphatic heterocycles. The Balaban J connectivity index is 0.00000191. The summed E-state index contributed by atoms with van der Waals surface area (Å²) < 4.78 is 11.4. The van der Waals surface area contributed by atoms with Gasteiger partial charge in [0.25, 0.3) is 0 Å². The third kappa shape index (κ3) is 5.14. The molecule has 0 fully saturated rings. The standard InChI is InChI=1S/C54H32N2OS.C2H6/c1-4-15-47-39(9-1)43-12-7-13-44-45-14-8-16-48(54(45)56(47)53(43)44)55(37-25-19-33(20-26-37)35-24-30-52-46(31-35)42-11-3-6-18-51(42)58-52)38-27-21-34(22-28-38)36-23-29-41-40-10-2-5-17-49(40)57-50(41)32-36;1-2/h1-32H;1-2H3. The van der Waals surface area contributed by atoms with Crippen LogP contribution in [0.5, 0.6) is 0 Å². The van der Waals surface area contributed by atoms with Gasteiger partial charge in [0.2, 0.25) is 0 Å². The van der Waals surface area contributed by atoms with Crippen molar-refractivity contribution in [1.82, 2.24) is 4.40 Å². The zero-order chi connectivity index (χ0) is 39.9. The molecule has 3 nitrogen and oxygen atoms in total. The van der Waals surface area contributed by atoms with E-state index in [1.807, 2.05) is 37.3 Å². The Labute approximate surface area is 350 Å². The first kappa shape index (κ1) is 34.6. The lowest BCUT2D eigenvalue weighted by Gasteiger charge is -2.27. The van der Waals surface area contributed by atoms with E-state index in [9.17, 15) is 0 Å². The third-order valence-electron chi connectivity index (χ3n) is 12.1. The fourth-order valence-electron chi connectivity index (χ4n) is 9.48. The minimum absolute atomic E-state index is 0.903. The minimum Gasteiger partial charge on any atom is -0.456 e. The van der Waals surface area contributed by atoms with Crippen molar-refractivity contribution in [3.05, 3.63) is 194 Å². The zero-order valence-electron chi connectivity index (χ0n) is 33.2. The van der Waals surface area contributed by atoms with Crippen molar-refractivity contribution >= 4 is 109 Å². The van der Waals surface area contributed by atoms with Crippen molar-refractivity contribution in [3.63, 3.8) is 0 Å². The monoisotopic (exact) mass is 786 g/mol. The highest BCUT2D eigenvalue weighted by Gasteiger charge is 2.23. The number of nitrogens with zero attached hydrogens (tertiary/aromatic N) is 2. The fraction of sp³-hybridized carbons (Fsp3) is 0.0357. The van der Waals surface area contributed by atoms with Crippen LogP contribution >= 0.6 is 11.3 Å². The van der Waals surface area contributed by atoms with E-state index in [1.165, 1.54) is 69.4 Å². The summed E-state index contributed by atoms with van der Waals surface area (Å²) in [4.78, 5) is 2.43. The van der Waals surface area contributed by atoms with Crippen LogP contribution in [-0.4, -0.2) is 4.40 Å². The van der Waals surface area contributed by atoms with Gasteiger partial charge in [0.05, 0.1) is 22.2 Å². The normalized spacial score (nSPS) is 11.8. The molecule has 0 aliphatic carbocycles. The van der Waals surface area contributed by atoms with Gasteiger partial charge in [0, 0.05) is 63.9 Å². The van der Waals surface area contributed by atoms with Crippen LogP contribution in [0.25, 0.3) is 102 Å². The highest BCUT2D eigenvalue weighted by molar-refractivity contribution is 7.25. The van der Waals surface area contributed by atoms with Gasteiger partial charge in [-0.15, -0.1) is 11.3 Å². The first-order valence-corrected chi connectivity index (χ1v) is 21.6. The summed E-state index contributed by atoms with van der Waals surface area (Å²) in [7, 11) is 0. The van der Waals surface area contributed by atoms with Crippen molar-refractivity contribution in [2.24, 2.45) is 0 Å². The Morgan fingerprint density at radius 3 is 1.68 bits per heavy atom. The van der Waals surface area contributed by atoms with Gasteiger partial charge in [-0.25, -0.2) is 0 Å². The fourth-order valence-corrected chi connectivity index (χ4v) is 10.6. The predicted octanol–water partition coefficient (Wildman–Crippen LogP) is 16.9. The smallest absolute Gasteiger partial charge is 0.136 e. The molecule has 4 heteroatoms. The van der Waals surface area contributed by atoms with Crippen LogP contribution < -0.4 is 4.90 Å².